The monoisotopic (exact) mass is 417 g/mol. The molecule has 1 saturated heterocycles. The third kappa shape index (κ3) is 6.42. The fourth-order valence-electron chi connectivity index (χ4n) is 2.83. The fraction of sp³-hybridized carbons (Fsp3) is 0.529. The summed E-state index contributed by atoms with van der Waals surface area (Å²) in [5.74, 6) is 0.290. The highest BCUT2D eigenvalue weighted by molar-refractivity contribution is 9.10. The van der Waals surface area contributed by atoms with Gasteiger partial charge in [0, 0.05) is 24.0 Å². The van der Waals surface area contributed by atoms with Gasteiger partial charge < -0.3 is 16.0 Å². The Labute approximate surface area is 157 Å². The van der Waals surface area contributed by atoms with E-state index in [1.54, 1.807) is 0 Å². The second-order valence-electron chi connectivity index (χ2n) is 6.15. The minimum Gasteiger partial charge on any atom is -0.352 e. The molecular formula is C17H25BrClN3O2. The van der Waals surface area contributed by atoms with Crippen LogP contribution in [0.2, 0.25) is 0 Å². The highest BCUT2D eigenvalue weighted by Crippen LogP contribution is 2.20. The summed E-state index contributed by atoms with van der Waals surface area (Å²) in [7, 11) is 0. The Kier molecular flexibility index (Phi) is 8.73. The van der Waals surface area contributed by atoms with Crippen LogP contribution in [0, 0.1) is 5.92 Å². The van der Waals surface area contributed by atoms with Crippen LogP contribution in [0.1, 0.15) is 38.3 Å². The van der Waals surface area contributed by atoms with E-state index in [0.717, 1.165) is 29.5 Å². The molecule has 0 aromatic heterocycles. The number of hydrogen-bond acceptors (Lipinski definition) is 3. The highest BCUT2D eigenvalue weighted by Gasteiger charge is 2.24. The first-order chi connectivity index (χ1) is 11.0. The van der Waals surface area contributed by atoms with Crippen LogP contribution < -0.4 is 16.0 Å². The molecule has 1 aromatic carbocycles. The van der Waals surface area contributed by atoms with E-state index in [2.05, 4.69) is 38.8 Å². The fourth-order valence-corrected chi connectivity index (χ4v) is 3.09. The topological polar surface area (TPSA) is 70.2 Å². The largest absolute Gasteiger partial charge is 0.352 e. The first-order valence-corrected chi connectivity index (χ1v) is 8.77. The molecule has 3 N–H and O–H groups in total. The summed E-state index contributed by atoms with van der Waals surface area (Å²) in [6.45, 7) is 5.43. The molecule has 0 aliphatic carbocycles. The van der Waals surface area contributed by atoms with E-state index in [1.165, 1.54) is 6.92 Å². The molecule has 134 valence electrons. The van der Waals surface area contributed by atoms with E-state index in [9.17, 15) is 9.59 Å². The van der Waals surface area contributed by atoms with Crippen LogP contribution in [0.25, 0.3) is 0 Å². The third-order valence-corrected chi connectivity index (χ3v) is 4.74. The summed E-state index contributed by atoms with van der Waals surface area (Å²) in [6.07, 6.45) is 1.30. The second-order valence-corrected chi connectivity index (χ2v) is 7.07. The maximum atomic E-state index is 12.4. The Balaban J connectivity index is 0.00000288. The Bertz CT molecular complexity index is 553. The summed E-state index contributed by atoms with van der Waals surface area (Å²) in [6, 6.07) is 7.50. The van der Waals surface area contributed by atoms with Crippen molar-refractivity contribution in [1.82, 2.24) is 16.0 Å². The van der Waals surface area contributed by atoms with Crippen LogP contribution >= 0.6 is 28.3 Å². The number of carbonyl (C=O) groups is 2. The van der Waals surface area contributed by atoms with Gasteiger partial charge in [-0.1, -0.05) is 35.0 Å². The highest BCUT2D eigenvalue weighted by atomic mass is 79.9. The minimum atomic E-state index is -0.313. The van der Waals surface area contributed by atoms with Crippen molar-refractivity contribution in [2.45, 2.75) is 38.8 Å². The summed E-state index contributed by atoms with van der Waals surface area (Å²) < 4.78 is 0.967. The molecule has 0 saturated carbocycles. The summed E-state index contributed by atoms with van der Waals surface area (Å²) in [4.78, 5) is 23.8. The van der Waals surface area contributed by atoms with Gasteiger partial charge in [0.2, 0.25) is 11.8 Å². The van der Waals surface area contributed by atoms with Gasteiger partial charge in [-0.3, -0.25) is 9.59 Å². The van der Waals surface area contributed by atoms with Gasteiger partial charge in [0.15, 0.2) is 0 Å². The average molecular weight is 419 g/mol. The van der Waals surface area contributed by atoms with Crippen LogP contribution in [0.4, 0.5) is 0 Å². The Morgan fingerprint density at radius 3 is 2.58 bits per heavy atom. The van der Waals surface area contributed by atoms with E-state index in [1.807, 2.05) is 24.3 Å². The van der Waals surface area contributed by atoms with Gasteiger partial charge in [-0.2, -0.15) is 0 Å². The zero-order chi connectivity index (χ0) is 16.8. The lowest BCUT2D eigenvalue weighted by atomic mass is 9.94. The summed E-state index contributed by atoms with van der Waals surface area (Å²) in [5.41, 5.74) is 0.924. The number of nitrogens with one attached hydrogen (secondary N) is 3. The van der Waals surface area contributed by atoms with Crippen LogP contribution in [-0.4, -0.2) is 30.9 Å². The van der Waals surface area contributed by atoms with Gasteiger partial charge in [0.25, 0.3) is 0 Å². The van der Waals surface area contributed by atoms with Crippen molar-refractivity contribution in [3.05, 3.63) is 34.3 Å². The van der Waals surface area contributed by atoms with E-state index in [0.29, 0.717) is 5.92 Å². The Morgan fingerprint density at radius 2 is 2.00 bits per heavy atom. The summed E-state index contributed by atoms with van der Waals surface area (Å²) in [5, 5.41) is 9.26. The van der Waals surface area contributed by atoms with Gasteiger partial charge in [-0.15, -0.1) is 12.4 Å². The molecule has 7 heteroatoms. The van der Waals surface area contributed by atoms with Crippen molar-refractivity contribution < 1.29 is 9.59 Å². The van der Waals surface area contributed by atoms with Crippen LogP contribution in [0.3, 0.4) is 0 Å². The molecule has 5 nitrogen and oxygen atoms in total. The molecule has 0 radical (unpaired) electrons. The molecule has 0 bridgehead atoms. The number of rotatable bonds is 5. The Hall–Kier alpha value is -1.11. The Morgan fingerprint density at radius 1 is 1.33 bits per heavy atom. The molecule has 1 aliphatic rings. The van der Waals surface area contributed by atoms with E-state index < -0.39 is 0 Å². The summed E-state index contributed by atoms with van der Waals surface area (Å²) >= 11 is 3.40. The van der Waals surface area contributed by atoms with Crippen molar-refractivity contribution in [3.63, 3.8) is 0 Å². The normalized spacial score (nSPS) is 21.3. The van der Waals surface area contributed by atoms with Crippen molar-refractivity contribution in [2.24, 2.45) is 5.92 Å². The van der Waals surface area contributed by atoms with Gasteiger partial charge in [0.05, 0.1) is 12.5 Å². The molecule has 1 aromatic rings. The molecule has 3 unspecified atom stereocenters. The first kappa shape index (κ1) is 20.9. The number of halogens is 2. The number of carbonyl (C=O) groups excluding carboxylic acids is 2. The van der Waals surface area contributed by atoms with Gasteiger partial charge in [-0.05, 0) is 36.6 Å². The minimum absolute atomic E-state index is 0. The van der Waals surface area contributed by atoms with Crippen molar-refractivity contribution in [3.8, 4) is 0 Å². The lowest BCUT2D eigenvalue weighted by molar-refractivity contribution is -0.123. The van der Waals surface area contributed by atoms with Crippen LogP contribution in [0.15, 0.2) is 28.7 Å². The quantitative estimate of drug-likeness (QED) is 0.688. The van der Waals surface area contributed by atoms with E-state index >= 15 is 0 Å². The second kappa shape index (κ2) is 10.0. The zero-order valence-electron chi connectivity index (χ0n) is 14.0. The molecule has 2 rings (SSSR count). The van der Waals surface area contributed by atoms with Gasteiger partial charge in [0.1, 0.15) is 0 Å². The number of benzene rings is 1. The molecule has 2 amide bonds. The van der Waals surface area contributed by atoms with E-state index in [4.69, 9.17) is 0 Å². The lowest BCUT2D eigenvalue weighted by Crippen LogP contribution is -2.50. The zero-order valence-corrected chi connectivity index (χ0v) is 16.4. The van der Waals surface area contributed by atoms with Crippen LogP contribution in [0.5, 0.6) is 0 Å². The molecule has 0 spiro atoms. The molecule has 3 atom stereocenters. The average Bonchev–Trinajstić information content (AvgIpc) is 2.49. The van der Waals surface area contributed by atoms with Gasteiger partial charge >= 0.3 is 0 Å². The van der Waals surface area contributed by atoms with Crippen molar-refractivity contribution >= 4 is 40.2 Å². The van der Waals surface area contributed by atoms with E-state index in [-0.39, 0.29) is 42.7 Å². The molecule has 1 heterocycles. The molecular weight excluding hydrogens is 394 g/mol. The lowest BCUT2D eigenvalue weighted by Gasteiger charge is -2.30. The maximum absolute atomic E-state index is 12.4. The van der Waals surface area contributed by atoms with Crippen LogP contribution in [-0.2, 0) is 9.59 Å². The molecule has 1 aliphatic heterocycles. The predicted molar refractivity (Wildman–Crippen MR) is 101 cm³/mol. The number of hydrogen-bond donors (Lipinski definition) is 3. The van der Waals surface area contributed by atoms with Crippen molar-refractivity contribution in [1.29, 1.82) is 0 Å². The smallest absolute Gasteiger partial charge is 0.222 e. The number of piperidine rings is 1. The number of amides is 2. The first-order valence-electron chi connectivity index (χ1n) is 7.98. The van der Waals surface area contributed by atoms with Gasteiger partial charge in [-0.25, -0.2) is 0 Å². The van der Waals surface area contributed by atoms with Crippen molar-refractivity contribution in [2.75, 3.05) is 13.1 Å². The third-order valence-electron chi connectivity index (χ3n) is 4.21. The maximum Gasteiger partial charge on any atom is 0.222 e. The molecule has 24 heavy (non-hydrogen) atoms. The SMILES string of the molecule is CC(=O)NC(CC(=O)NC1CNCCC1C)c1ccc(Br)cc1.Cl. The standard InChI is InChI=1S/C17H24BrN3O2.ClH/c1-11-7-8-19-10-16(11)21-17(23)9-15(20-12(2)22)13-3-5-14(18)6-4-13;/h3-6,11,15-16,19H,7-10H2,1-2H3,(H,20,22)(H,21,23);1H. The molecule has 1 fully saturated rings. The predicted octanol–water partition coefficient (Wildman–Crippen LogP) is 2.55.